The van der Waals surface area contributed by atoms with Gasteiger partial charge >= 0.3 is 0 Å². The molecule has 0 aliphatic rings. The quantitative estimate of drug-likeness (QED) is 0.833. The van der Waals surface area contributed by atoms with Crippen LogP contribution < -0.4 is 10.2 Å². The Labute approximate surface area is 110 Å². The van der Waals surface area contributed by atoms with E-state index >= 15 is 0 Å². The van der Waals surface area contributed by atoms with E-state index in [0.717, 1.165) is 5.56 Å². The highest BCUT2D eigenvalue weighted by Crippen LogP contribution is 2.22. The largest absolute Gasteiger partial charge is 0.463 e. The van der Waals surface area contributed by atoms with Crippen molar-refractivity contribution in [3.05, 3.63) is 64.2 Å². The first-order chi connectivity index (χ1) is 9.26. The standard InChI is InChI=1S/C14H14O5/c1-17-14(10-5-3-2-4-6-10)19-13-11(16)7-8-18-12(13)9-15/h2-8,14-15H,9H2,1H3. The molecule has 1 heterocycles. The highest BCUT2D eigenvalue weighted by molar-refractivity contribution is 5.26. The summed E-state index contributed by atoms with van der Waals surface area (Å²) in [6.45, 7) is -0.420. The van der Waals surface area contributed by atoms with Gasteiger partial charge in [0.25, 0.3) is 0 Å². The fraction of sp³-hybridized carbons (Fsp3) is 0.214. The van der Waals surface area contributed by atoms with Gasteiger partial charge in [0.05, 0.1) is 6.26 Å². The van der Waals surface area contributed by atoms with Gasteiger partial charge in [0.2, 0.25) is 17.5 Å². The van der Waals surface area contributed by atoms with Crippen LogP contribution in [0.3, 0.4) is 0 Å². The van der Waals surface area contributed by atoms with Crippen molar-refractivity contribution in [2.75, 3.05) is 7.11 Å². The second-order valence-corrected chi connectivity index (χ2v) is 3.79. The Balaban J connectivity index is 2.32. The molecular weight excluding hydrogens is 248 g/mol. The molecule has 0 spiro atoms. The number of ether oxygens (including phenoxy) is 2. The van der Waals surface area contributed by atoms with Crippen molar-refractivity contribution in [2.45, 2.75) is 12.9 Å². The maximum absolute atomic E-state index is 11.7. The van der Waals surface area contributed by atoms with Crippen LogP contribution in [0.2, 0.25) is 0 Å². The van der Waals surface area contributed by atoms with E-state index in [-0.39, 0.29) is 16.9 Å². The summed E-state index contributed by atoms with van der Waals surface area (Å²) >= 11 is 0. The van der Waals surface area contributed by atoms with Crippen molar-refractivity contribution in [3.8, 4) is 5.75 Å². The second-order valence-electron chi connectivity index (χ2n) is 3.79. The summed E-state index contributed by atoms with van der Waals surface area (Å²) in [7, 11) is 1.47. The molecule has 0 saturated heterocycles. The molecule has 0 amide bonds. The van der Waals surface area contributed by atoms with E-state index in [1.54, 1.807) is 0 Å². The van der Waals surface area contributed by atoms with Gasteiger partial charge in [-0.3, -0.25) is 4.79 Å². The monoisotopic (exact) mass is 262 g/mol. The molecule has 0 saturated carbocycles. The van der Waals surface area contributed by atoms with Crippen LogP contribution in [-0.4, -0.2) is 12.2 Å². The Hall–Kier alpha value is -2.11. The molecule has 19 heavy (non-hydrogen) atoms. The van der Waals surface area contributed by atoms with Gasteiger partial charge in [0, 0.05) is 18.7 Å². The van der Waals surface area contributed by atoms with Crippen LogP contribution in [0, 0.1) is 0 Å². The third-order valence-electron chi connectivity index (χ3n) is 2.56. The third-order valence-corrected chi connectivity index (χ3v) is 2.56. The van der Waals surface area contributed by atoms with E-state index in [2.05, 4.69) is 0 Å². The van der Waals surface area contributed by atoms with Gasteiger partial charge in [0.1, 0.15) is 6.61 Å². The number of rotatable bonds is 5. The summed E-state index contributed by atoms with van der Waals surface area (Å²) in [4.78, 5) is 11.7. The Kier molecular flexibility index (Phi) is 4.33. The second kappa shape index (κ2) is 6.17. The molecule has 1 atom stereocenters. The maximum Gasteiger partial charge on any atom is 0.227 e. The van der Waals surface area contributed by atoms with Gasteiger partial charge in [-0.05, 0) is 0 Å². The first-order valence-electron chi connectivity index (χ1n) is 5.72. The lowest BCUT2D eigenvalue weighted by molar-refractivity contribution is -0.0593. The van der Waals surface area contributed by atoms with Crippen LogP contribution in [0.25, 0.3) is 0 Å². The summed E-state index contributed by atoms with van der Waals surface area (Å²) in [5.74, 6) is 0.0335. The van der Waals surface area contributed by atoms with E-state index in [9.17, 15) is 4.79 Å². The molecule has 0 aliphatic carbocycles. The minimum absolute atomic E-state index is 0.0410. The van der Waals surface area contributed by atoms with E-state index in [1.807, 2.05) is 30.3 Å². The van der Waals surface area contributed by atoms with Crippen LogP contribution >= 0.6 is 0 Å². The van der Waals surface area contributed by atoms with Crippen LogP contribution in [0.5, 0.6) is 5.75 Å². The van der Waals surface area contributed by atoms with Crippen LogP contribution in [0.4, 0.5) is 0 Å². The Bertz CT molecular complexity index is 576. The zero-order chi connectivity index (χ0) is 13.7. The first-order valence-corrected chi connectivity index (χ1v) is 5.72. The van der Waals surface area contributed by atoms with Crippen molar-refractivity contribution in [2.24, 2.45) is 0 Å². The van der Waals surface area contributed by atoms with Gasteiger partial charge in [-0.15, -0.1) is 0 Å². The van der Waals surface area contributed by atoms with Crippen LogP contribution in [0.1, 0.15) is 17.6 Å². The van der Waals surface area contributed by atoms with E-state index in [1.165, 1.54) is 19.4 Å². The summed E-state index contributed by atoms with van der Waals surface area (Å²) in [5, 5.41) is 9.15. The lowest BCUT2D eigenvalue weighted by Gasteiger charge is -2.18. The number of aliphatic hydroxyl groups is 1. The van der Waals surface area contributed by atoms with Gasteiger partial charge < -0.3 is 19.0 Å². The summed E-state index contributed by atoms with van der Waals surface area (Å²) in [6, 6.07) is 10.4. The molecule has 1 aromatic heterocycles. The molecule has 5 nitrogen and oxygen atoms in total. The van der Waals surface area contributed by atoms with Crippen LogP contribution in [-0.2, 0) is 11.3 Å². The molecule has 5 heteroatoms. The molecule has 2 rings (SSSR count). The van der Waals surface area contributed by atoms with Gasteiger partial charge in [-0.25, -0.2) is 0 Å². The Morgan fingerprint density at radius 2 is 2.00 bits per heavy atom. The normalized spacial score (nSPS) is 12.1. The maximum atomic E-state index is 11.7. The van der Waals surface area contributed by atoms with Gasteiger partial charge in [-0.1, -0.05) is 30.3 Å². The molecular formula is C14H14O5. The minimum atomic E-state index is -0.739. The topological polar surface area (TPSA) is 68.9 Å². The predicted molar refractivity (Wildman–Crippen MR) is 67.7 cm³/mol. The predicted octanol–water partition coefficient (Wildman–Crippen LogP) is 1.86. The molecule has 0 aliphatic heterocycles. The Morgan fingerprint density at radius 3 is 2.63 bits per heavy atom. The highest BCUT2D eigenvalue weighted by atomic mass is 16.7. The molecule has 0 bridgehead atoms. The average molecular weight is 262 g/mol. The van der Waals surface area contributed by atoms with Crippen molar-refractivity contribution in [3.63, 3.8) is 0 Å². The van der Waals surface area contributed by atoms with E-state index in [4.69, 9.17) is 19.0 Å². The molecule has 2 aromatic rings. The van der Waals surface area contributed by atoms with Crippen molar-refractivity contribution >= 4 is 0 Å². The lowest BCUT2D eigenvalue weighted by atomic mass is 10.2. The summed E-state index contributed by atoms with van der Waals surface area (Å²) in [5.41, 5.74) is 0.394. The van der Waals surface area contributed by atoms with Gasteiger partial charge in [0.15, 0.2) is 5.76 Å². The SMILES string of the molecule is COC(Oc1c(CO)occc1=O)c1ccccc1. The number of benzene rings is 1. The molecule has 100 valence electrons. The number of methoxy groups -OCH3 is 1. The van der Waals surface area contributed by atoms with Crippen molar-refractivity contribution in [1.29, 1.82) is 0 Å². The number of hydrogen-bond acceptors (Lipinski definition) is 5. The number of aliphatic hydroxyl groups excluding tert-OH is 1. The van der Waals surface area contributed by atoms with Gasteiger partial charge in [-0.2, -0.15) is 0 Å². The first kappa shape index (κ1) is 13.3. The highest BCUT2D eigenvalue weighted by Gasteiger charge is 2.17. The summed E-state index contributed by atoms with van der Waals surface area (Å²) in [6.07, 6.45) is 0.474. The smallest absolute Gasteiger partial charge is 0.227 e. The summed E-state index contributed by atoms with van der Waals surface area (Å²) < 4.78 is 15.8. The van der Waals surface area contributed by atoms with Crippen molar-refractivity contribution < 1.29 is 19.0 Å². The Morgan fingerprint density at radius 1 is 1.26 bits per heavy atom. The number of hydrogen-bond donors (Lipinski definition) is 1. The average Bonchev–Trinajstić information content (AvgIpc) is 2.46. The molecule has 1 N–H and O–H groups in total. The van der Waals surface area contributed by atoms with Crippen LogP contribution in [0.15, 0.2) is 51.9 Å². The van der Waals surface area contributed by atoms with E-state index < -0.39 is 12.9 Å². The fourth-order valence-electron chi connectivity index (χ4n) is 1.65. The third kappa shape index (κ3) is 3.01. The molecule has 0 radical (unpaired) electrons. The molecule has 1 unspecified atom stereocenters. The fourth-order valence-corrected chi connectivity index (χ4v) is 1.65. The minimum Gasteiger partial charge on any atom is -0.463 e. The lowest BCUT2D eigenvalue weighted by Crippen LogP contribution is -2.16. The molecule has 0 fully saturated rings. The zero-order valence-corrected chi connectivity index (χ0v) is 10.4. The molecule has 1 aromatic carbocycles. The van der Waals surface area contributed by atoms with E-state index in [0.29, 0.717) is 0 Å². The van der Waals surface area contributed by atoms with Crippen molar-refractivity contribution in [1.82, 2.24) is 0 Å². The zero-order valence-electron chi connectivity index (χ0n) is 10.4.